The maximum atomic E-state index is 5.25. The molecule has 0 unspecified atom stereocenters. The van der Waals surface area contributed by atoms with Crippen molar-refractivity contribution in [1.82, 2.24) is 9.88 Å². The third kappa shape index (κ3) is 3.27. The monoisotopic (exact) mass is 174 g/mol. The molecule has 0 aromatic carbocycles. The summed E-state index contributed by atoms with van der Waals surface area (Å²) < 4.78 is 0. The maximum Gasteiger partial charge on any atom is 0.0602 e. The van der Waals surface area contributed by atoms with E-state index in [1.807, 2.05) is 18.2 Å². The van der Waals surface area contributed by atoms with Crippen molar-refractivity contribution >= 4 is 0 Å². The van der Waals surface area contributed by atoms with Gasteiger partial charge in [-0.2, -0.15) is 0 Å². The smallest absolute Gasteiger partial charge is 0.0602 e. The Morgan fingerprint density at radius 2 is 2.38 bits per heavy atom. The van der Waals surface area contributed by atoms with Crippen LogP contribution in [-0.4, -0.2) is 23.0 Å². The van der Waals surface area contributed by atoms with Crippen LogP contribution in [0.25, 0.3) is 0 Å². The number of pyridine rings is 1. The lowest BCUT2D eigenvalue weighted by Crippen LogP contribution is -2.23. The van der Waals surface area contributed by atoms with Gasteiger partial charge in [-0.05, 0) is 18.7 Å². The van der Waals surface area contributed by atoms with Gasteiger partial charge in [0.1, 0.15) is 0 Å². The highest BCUT2D eigenvalue weighted by molar-refractivity contribution is 5.03. The fourth-order valence-corrected chi connectivity index (χ4v) is 1.13. The van der Waals surface area contributed by atoms with E-state index in [0.717, 1.165) is 18.8 Å². The molecular formula is C11H14N2. The largest absolute Gasteiger partial charge is 0.287 e. The normalized spacial score (nSPS) is 9.92. The van der Waals surface area contributed by atoms with Crippen LogP contribution in [0.5, 0.6) is 0 Å². The van der Waals surface area contributed by atoms with Crippen LogP contribution in [0.2, 0.25) is 0 Å². The van der Waals surface area contributed by atoms with Gasteiger partial charge >= 0.3 is 0 Å². The standard InChI is InChI=1S/C11H14N2/c1-3-9-13(4-2)10-11-7-5-6-8-12-11/h1,5-8H,4,9-10H2,2H3. The van der Waals surface area contributed by atoms with Gasteiger partial charge in [-0.25, -0.2) is 0 Å². The lowest BCUT2D eigenvalue weighted by atomic mass is 10.3. The summed E-state index contributed by atoms with van der Waals surface area (Å²) in [4.78, 5) is 6.41. The van der Waals surface area contributed by atoms with Crippen LogP contribution in [0.3, 0.4) is 0 Å². The number of rotatable bonds is 4. The van der Waals surface area contributed by atoms with Gasteiger partial charge in [0, 0.05) is 12.7 Å². The first-order valence-corrected chi connectivity index (χ1v) is 4.42. The molecule has 0 radical (unpaired) electrons. The molecule has 2 heteroatoms. The van der Waals surface area contributed by atoms with Crippen molar-refractivity contribution in [2.45, 2.75) is 13.5 Å². The number of hydrogen-bond acceptors (Lipinski definition) is 2. The molecule has 0 amide bonds. The van der Waals surface area contributed by atoms with Crippen molar-refractivity contribution in [2.24, 2.45) is 0 Å². The maximum absolute atomic E-state index is 5.25. The highest BCUT2D eigenvalue weighted by Gasteiger charge is 2.01. The Bertz CT molecular complexity index is 274. The van der Waals surface area contributed by atoms with E-state index < -0.39 is 0 Å². The molecule has 1 aromatic rings. The number of aromatic nitrogens is 1. The summed E-state index contributed by atoms with van der Waals surface area (Å²) >= 11 is 0. The van der Waals surface area contributed by atoms with Crippen LogP contribution in [0, 0.1) is 12.3 Å². The SMILES string of the molecule is C#CCN(CC)Cc1ccccn1. The Kier molecular flexibility index (Phi) is 4.01. The molecule has 0 bridgehead atoms. The molecule has 0 atom stereocenters. The molecule has 0 fully saturated rings. The number of terminal acetylenes is 1. The Hall–Kier alpha value is -1.33. The summed E-state index contributed by atoms with van der Waals surface area (Å²) in [5, 5.41) is 0. The van der Waals surface area contributed by atoms with Crippen LogP contribution in [0.4, 0.5) is 0 Å². The molecule has 0 aliphatic carbocycles. The highest BCUT2D eigenvalue weighted by Crippen LogP contribution is 1.99. The summed E-state index contributed by atoms with van der Waals surface area (Å²) in [5.74, 6) is 2.64. The first-order chi connectivity index (χ1) is 6.36. The molecule has 0 spiro atoms. The minimum atomic E-state index is 0.688. The van der Waals surface area contributed by atoms with Crippen LogP contribution in [0.15, 0.2) is 24.4 Å². The van der Waals surface area contributed by atoms with E-state index in [1.54, 1.807) is 6.20 Å². The fraction of sp³-hybridized carbons (Fsp3) is 0.364. The summed E-state index contributed by atoms with van der Waals surface area (Å²) in [7, 11) is 0. The van der Waals surface area contributed by atoms with E-state index in [-0.39, 0.29) is 0 Å². The summed E-state index contributed by atoms with van der Waals surface area (Å²) in [6, 6.07) is 5.92. The molecule has 68 valence electrons. The zero-order valence-corrected chi connectivity index (χ0v) is 7.90. The molecule has 1 heterocycles. The first-order valence-electron chi connectivity index (χ1n) is 4.42. The van der Waals surface area contributed by atoms with Crippen LogP contribution < -0.4 is 0 Å². The molecule has 1 rings (SSSR count). The van der Waals surface area contributed by atoms with Crippen molar-refractivity contribution < 1.29 is 0 Å². The van der Waals surface area contributed by atoms with Crippen LogP contribution >= 0.6 is 0 Å². The molecule has 13 heavy (non-hydrogen) atoms. The molecule has 0 saturated heterocycles. The van der Waals surface area contributed by atoms with Gasteiger partial charge in [0.2, 0.25) is 0 Å². The minimum Gasteiger partial charge on any atom is -0.287 e. The average molecular weight is 174 g/mol. The van der Waals surface area contributed by atoms with Crippen molar-refractivity contribution in [3.05, 3.63) is 30.1 Å². The minimum absolute atomic E-state index is 0.688. The second kappa shape index (κ2) is 5.34. The first kappa shape index (κ1) is 9.76. The van der Waals surface area contributed by atoms with Crippen molar-refractivity contribution in [3.63, 3.8) is 0 Å². The molecule has 0 aliphatic heterocycles. The van der Waals surface area contributed by atoms with Crippen molar-refractivity contribution in [2.75, 3.05) is 13.1 Å². The Balaban J connectivity index is 2.53. The van der Waals surface area contributed by atoms with Gasteiger partial charge in [0.15, 0.2) is 0 Å². The second-order valence-corrected chi connectivity index (χ2v) is 2.83. The van der Waals surface area contributed by atoms with Crippen molar-refractivity contribution in [3.8, 4) is 12.3 Å². The number of hydrogen-bond donors (Lipinski definition) is 0. The summed E-state index contributed by atoms with van der Waals surface area (Å²) in [6.45, 7) is 4.58. The van der Waals surface area contributed by atoms with Gasteiger partial charge in [-0.1, -0.05) is 18.9 Å². The molecule has 0 saturated carbocycles. The van der Waals surface area contributed by atoms with Gasteiger partial charge in [-0.3, -0.25) is 9.88 Å². The number of nitrogens with zero attached hydrogens (tertiary/aromatic N) is 2. The molecule has 0 aliphatic rings. The third-order valence-electron chi connectivity index (χ3n) is 1.87. The predicted molar refractivity (Wildman–Crippen MR) is 54.0 cm³/mol. The molecular weight excluding hydrogens is 160 g/mol. The van der Waals surface area contributed by atoms with Gasteiger partial charge in [-0.15, -0.1) is 6.42 Å². The molecule has 1 aromatic heterocycles. The van der Waals surface area contributed by atoms with E-state index in [0.29, 0.717) is 6.54 Å². The van der Waals surface area contributed by atoms with E-state index in [9.17, 15) is 0 Å². The summed E-state index contributed by atoms with van der Waals surface area (Å²) in [5.41, 5.74) is 1.07. The van der Waals surface area contributed by atoms with Gasteiger partial charge in [0.05, 0.1) is 12.2 Å². The Labute approximate surface area is 79.6 Å². The Morgan fingerprint density at radius 1 is 1.54 bits per heavy atom. The van der Waals surface area contributed by atoms with E-state index in [2.05, 4.69) is 22.7 Å². The lowest BCUT2D eigenvalue weighted by Gasteiger charge is -2.16. The zero-order valence-electron chi connectivity index (χ0n) is 7.90. The lowest BCUT2D eigenvalue weighted by molar-refractivity contribution is 0.312. The Morgan fingerprint density at radius 3 is 2.92 bits per heavy atom. The van der Waals surface area contributed by atoms with E-state index >= 15 is 0 Å². The van der Waals surface area contributed by atoms with Gasteiger partial charge < -0.3 is 0 Å². The fourth-order valence-electron chi connectivity index (χ4n) is 1.13. The highest BCUT2D eigenvalue weighted by atomic mass is 15.1. The van der Waals surface area contributed by atoms with Gasteiger partial charge in [0.25, 0.3) is 0 Å². The third-order valence-corrected chi connectivity index (χ3v) is 1.87. The van der Waals surface area contributed by atoms with Crippen LogP contribution in [0.1, 0.15) is 12.6 Å². The predicted octanol–water partition coefficient (Wildman–Crippen LogP) is 1.54. The molecule has 2 nitrogen and oxygen atoms in total. The topological polar surface area (TPSA) is 16.1 Å². The summed E-state index contributed by atoms with van der Waals surface area (Å²) in [6.07, 6.45) is 7.05. The average Bonchev–Trinajstić information content (AvgIpc) is 2.19. The molecule has 0 N–H and O–H groups in total. The van der Waals surface area contributed by atoms with E-state index in [4.69, 9.17) is 6.42 Å². The van der Waals surface area contributed by atoms with Crippen LogP contribution in [-0.2, 0) is 6.54 Å². The van der Waals surface area contributed by atoms with Crippen molar-refractivity contribution in [1.29, 1.82) is 0 Å². The van der Waals surface area contributed by atoms with E-state index in [1.165, 1.54) is 0 Å². The zero-order chi connectivity index (χ0) is 9.52. The quantitative estimate of drug-likeness (QED) is 0.644. The second-order valence-electron chi connectivity index (χ2n) is 2.83.